The molecule has 26 heavy (non-hydrogen) atoms. The summed E-state index contributed by atoms with van der Waals surface area (Å²) in [5.41, 5.74) is -0.928. The van der Waals surface area contributed by atoms with Gasteiger partial charge in [0.1, 0.15) is 11.3 Å². The van der Waals surface area contributed by atoms with E-state index in [1.54, 1.807) is 12.1 Å². The first-order valence-electron chi connectivity index (χ1n) is 8.22. The van der Waals surface area contributed by atoms with Gasteiger partial charge >= 0.3 is 5.97 Å². The fourth-order valence-electron chi connectivity index (χ4n) is 2.93. The molecule has 3 rings (SSSR count). The van der Waals surface area contributed by atoms with E-state index in [9.17, 15) is 19.5 Å². The number of carboxylic acids is 1. The van der Waals surface area contributed by atoms with E-state index < -0.39 is 23.0 Å². The molecule has 1 fully saturated rings. The van der Waals surface area contributed by atoms with Gasteiger partial charge in [0.25, 0.3) is 11.5 Å². The minimum atomic E-state index is -1.40. The van der Waals surface area contributed by atoms with Crippen LogP contribution in [0.3, 0.4) is 0 Å². The molecule has 0 saturated carbocycles. The molecule has 0 atom stereocenters. The van der Waals surface area contributed by atoms with Crippen molar-refractivity contribution in [1.29, 1.82) is 0 Å². The number of carbonyl (C=O) groups excluding carboxylic acids is 1. The smallest absolute Gasteiger partial charge is 0.348 e. The minimum Gasteiger partial charge on any atom is -0.478 e. The van der Waals surface area contributed by atoms with Crippen molar-refractivity contribution in [2.75, 3.05) is 13.1 Å². The molecule has 1 aliphatic heterocycles. The number of carboxylic acid groups (broad SMARTS) is 1. The van der Waals surface area contributed by atoms with Gasteiger partial charge in [-0.05, 0) is 19.1 Å². The Morgan fingerprint density at radius 2 is 1.88 bits per heavy atom. The normalized spacial score (nSPS) is 16.1. The maximum absolute atomic E-state index is 12.5. The van der Waals surface area contributed by atoms with Crippen LogP contribution < -0.4 is 10.3 Å². The molecule has 0 unspecified atom stereocenters. The number of ether oxygens (including phenoxy) is 1. The molecule has 2 N–H and O–H groups in total. The molecule has 2 heterocycles. The van der Waals surface area contributed by atoms with Gasteiger partial charge in [-0.3, -0.25) is 9.59 Å². The van der Waals surface area contributed by atoms with Crippen LogP contribution in [0.15, 0.2) is 41.6 Å². The molecular weight excluding hydrogens is 338 g/mol. The number of carbonyl (C=O) groups is 2. The van der Waals surface area contributed by atoms with Crippen LogP contribution in [0.5, 0.6) is 5.75 Å². The zero-order chi connectivity index (χ0) is 18.7. The number of hydrogen-bond acceptors (Lipinski definition) is 5. The summed E-state index contributed by atoms with van der Waals surface area (Å²) in [6.07, 6.45) is 2.67. The van der Waals surface area contributed by atoms with E-state index in [0.29, 0.717) is 5.75 Å². The molecule has 0 radical (unpaired) electrons. The number of aromatic amines is 1. The average molecular weight is 357 g/mol. The number of aryl methyl sites for hydroxylation is 1. The van der Waals surface area contributed by atoms with E-state index in [0.717, 1.165) is 5.56 Å². The number of H-pyrrole nitrogens is 1. The standard InChI is InChI=1S/C18H19N3O5/c1-12-2-4-13(5-3-12)26-18(17(24)25)6-8-21(9-7-18)16(23)14-10-19-11-20-15(14)22/h2-5,10-11H,6-9H2,1H3,(H,24,25)(H,19,20,22). The third kappa shape index (κ3) is 3.44. The van der Waals surface area contributed by atoms with E-state index in [1.807, 2.05) is 19.1 Å². The van der Waals surface area contributed by atoms with Crippen molar-refractivity contribution in [1.82, 2.24) is 14.9 Å². The predicted molar refractivity (Wildman–Crippen MR) is 92.2 cm³/mol. The summed E-state index contributed by atoms with van der Waals surface area (Å²) in [6.45, 7) is 2.28. The highest BCUT2D eigenvalue weighted by Gasteiger charge is 2.45. The topological polar surface area (TPSA) is 113 Å². The number of rotatable bonds is 4. The van der Waals surface area contributed by atoms with Crippen LogP contribution in [0.2, 0.25) is 0 Å². The summed E-state index contributed by atoms with van der Waals surface area (Å²) in [5, 5.41) is 9.70. The number of nitrogens with one attached hydrogen (secondary N) is 1. The summed E-state index contributed by atoms with van der Waals surface area (Å²) in [6, 6.07) is 7.15. The van der Waals surface area contributed by atoms with Crippen molar-refractivity contribution in [2.24, 2.45) is 0 Å². The fourth-order valence-corrected chi connectivity index (χ4v) is 2.93. The van der Waals surface area contributed by atoms with Gasteiger partial charge < -0.3 is 19.7 Å². The number of aliphatic carboxylic acids is 1. The second-order valence-corrected chi connectivity index (χ2v) is 6.30. The van der Waals surface area contributed by atoms with Gasteiger partial charge in [-0.15, -0.1) is 0 Å². The Morgan fingerprint density at radius 1 is 1.23 bits per heavy atom. The largest absolute Gasteiger partial charge is 0.478 e. The molecule has 1 saturated heterocycles. The Bertz CT molecular complexity index is 867. The first kappa shape index (κ1) is 17.7. The van der Waals surface area contributed by atoms with Gasteiger partial charge in [-0.25, -0.2) is 9.78 Å². The fraction of sp³-hybridized carbons (Fsp3) is 0.333. The number of benzene rings is 1. The van der Waals surface area contributed by atoms with Crippen molar-refractivity contribution in [3.05, 3.63) is 58.3 Å². The van der Waals surface area contributed by atoms with Crippen molar-refractivity contribution in [2.45, 2.75) is 25.4 Å². The van der Waals surface area contributed by atoms with E-state index in [2.05, 4.69) is 9.97 Å². The van der Waals surface area contributed by atoms with E-state index >= 15 is 0 Å². The molecule has 1 aliphatic rings. The summed E-state index contributed by atoms with van der Waals surface area (Å²) < 4.78 is 5.80. The number of likely N-dealkylation sites (tertiary alicyclic amines) is 1. The molecule has 1 amide bonds. The van der Waals surface area contributed by atoms with Gasteiger partial charge in [0.15, 0.2) is 0 Å². The van der Waals surface area contributed by atoms with Crippen LogP contribution >= 0.6 is 0 Å². The molecule has 1 aromatic carbocycles. The van der Waals surface area contributed by atoms with Gasteiger partial charge in [0.05, 0.1) is 6.33 Å². The van der Waals surface area contributed by atoms with E-state index in [1.165, 1.54) is 17.4 Å². The lowest BCUT2D eigenvalue weighted by Crippen LogP contribution is -2.54. The van der Waals surface area contributed by atoms with E-state index in [4.69, 9.17) is 4.74 Å². The summed E-state index contributed by atoms with van der Waals surface area (Å²) in [7, 11) is 0. The molecule has 8 nitrogen and oxygen atoms in total. The SMILES string of the molecule is Cc1ccc(OC2(C(=O)O)CCN(C(=O)c3cnc[nH]c3=O)CC2)cc1. The number of hydrogen-bond donors (Lipinski definition) is 2. The monoisotopic (exact) mass is 357 g/mol. The van der Waals surface area contributed by atoms with Crippen LogP contribution in [0, 0.1) is 6.92 Å². The summed E-state index contributed by atoms with van der Waals surface area (Å²) in [5.74, 6) is -1.06. The van der Waals surface area contributed by atoms with Gasteiger partial charge in [0, 0.05) is 32.1 Å². The highest BCUT2D eigenvalue weighted by molar-refractivity contribution is 5.93. The van der Waals surface area contributed by atoms with Crippen LogP contribution in [-0.2, 0) is 4.79 Å². The maximum atomic E-state index is 12.5. The second-order valence-electron chi connectivity index (χ2n) is 6.30. The summed E-state index contributed by atoms with van der Waals surface area (Å²) in [4.78, 5) is 43.6. The Balaban J connectivity index is 1.74. The molecule has 0 bridgehead atoms. The Labute approximate surface area is 149 Å². The third-order valence-electron chi connectivity index (χ3n) is 4.53. The quantitative estimate of drug-likeness (QED) is 0.851. The average Bonchev–Trinajstić information content (AvgIpc) is 2.64. The first-order valence-corrected chi connectivity index (χ1v) is 8.22. The van der Waals surface area contributed by atoms with Crippen molar-refractivity contribution < 1.29 is 19.4 Å². The molecule has 2 aromatic rings. The lowest BCUT2D eigenvalue weighted by Gasteiger charge is -2.38. The highest BCUT2D eigenvalue weighted by Crippen LogP contribution is 2.30. The molecule has 8 heteroatoms. The Kier molecular flexibility index (Phi) is 4.75. The van der Waals surface area contributed by atoms with Crippen LogP contribution in [0.25, 0.3) is 0 Å². The van der Waals surface area contributed by atoms with E-state index in [-0.39, 0.29) is 31.5 Å². The van der Waals surface area contributed by atoms with Gasteiger partial charge in [-0.2, -0.15) is 0 Å². The second kappa shape index (κ2) is 6.99. The van der Waals surface area contributed by atoms with Crippen molar-refractivity contribution in [3.8, 4) is 5.75 Å². The third-order valence-corrected chi connectivity index (χ3v) is 4.53. The molecule has 1 aromatic heterocycles. The number of amides is 1. The molecule has 136 valence electrons. The van der Waals surface area contributed by atoms with Crippen LogP contribution in [-0.4, -0.2) is 50.5 Å². The lowest BCUT2D eigenvalue weighted by atomic mass is 9.90. The molecular formula is C18H19N3O5. The molecule has 0 aliphatic carbocycles. The number of nitrogens with zero attached hydrogens (tertiary/aromatic N) is 2. The molecule has 0 spiro atoms. The van der Waals surface area contributed by atoms with Gasteiger partial charge in [-0.1, -0.05) is 17.7 Å². The predicted octanol–water partition coefficient (Wildman–Crippen LogP) is 1.22. The van der Waals surface area contributed by atoms with Crippen LogP contribution in [0.1, 0.15) is 28.8 Å². The van der Waals surface area contributed by atoms with Gasteiger partial charge in [0.2, 0.25) is 5.60 Å². The number of piperidine rings is 1. The summed E-state index contributed by atoms with van der Waals surface area (Å²) >= 11 is 0. The van der Waals surface area contributed by atoms with Crippen molar-refractivity contribution >= 4 is 11.9 Å². The maximum Gasteiger partial charge on any atom is 0.348 e. The number of aromatic nitrogens is 2. The zero-order valence-corrected chi connectivity index (χ0v) is 14.3. The first-order chi connectivity index (χ1) is 12.4. The lowest BCUT2D eigenvalue weighted by molar-refractivity contribution is -0.159. The zero-order valence-electron chi connectivity index (χ0n) is 14.3. The highest BCUT2D eigenvalue weighted by atomic mass is 16.5. The van der Waals surface area contributed by atoms with Crippen molar-refractivity contribution in [3.63, 3.8) is 0 Å². The Morgan fingerprint density at radius 3 is 2.46 bits per heavy atom. The minimum absolute atomic E-state index is 0.0604. The Hall–Kier alpha value is -3.16. The van der Waals surface area contributed by atoms with Crippen LogP contribution in [0.4, 0.5) is 0 Å².